The fourth-order valence-electron chi connectivity index (χ4n) is 2.76. The first-order chi connectivity index (χ1) is 12.7. The molecule has 1 atom stereocenters. The summed E-state index contributed by atoms with van der Waals surface area (Å²) in [6.45, 7) is 6.79. The zero-order valence-electron chi connectivity index (χ0n) is 16.0. The van der Waals surface area contributed by atoms with Gasteiger partial charge in [-0.2, -0.15) is 4.98 Å². The number of ether oxygens (including phenoxy) is 2. The van der Waals surface area contributed by atoms with Crippen molar-refractivity contribution in [3.8, 4) is 17.1 Å². The van der Waals surface area contributed by atoms with E-state index in [-0.39, 0.29) is 28.8 Å². The van der Waals surface area contributed by atoms with Gasteiger partial charge >= 0.3 is 0 Å². The predicted molar refractivity (Wildman–Crippen MR) is 99.1 cm³/mol. The zero-order chi connectivity index (χ0) is 19.7. The highest BCUT2D eigenvalue weighted by Crippen LogP contribution is 2.32. The lowest BCUT2D eigenvalue weighted by atomic mass is 9.97. The molecule has 1 saturated heterocycles. The Labute approximate surface area is 159 Å². The van der Waals surface area contributed by atoms with Crippen LogP contribution in [0.2, 0.25) is 0 Å². The molecule has 1 N–H and O–H groups in total. The molecule has 1 aromatic heterocycles. The van der Waals surface area contributed by atoms with E-state index in [0.717, 1.165) is 12.8 Å². The van der Waals surface area contributed by atoms with Gasteiger partial charge in [-0.25, -0.2) is 13.1 Å². The third-order valence-electron chi connectivity index (χ3n) is 4.31. The molecule has 9 heteroatoms. The Morgan fingerprint density at radius 2 is 2.11 bits per heavy atom. The highest BCUT2D eigenvalue weighted by atomic mass is 32.2. The van der Waals surface area contributed by atoms with E-state index in [1.54, 1.807) is 6.07 Å². The van der Waals surface area contributed by atoms with E-state index in [1.807, 2.05) is 20.8 Å². The van der Waals surface area contributed by atoms with Crippen LogP contribution in [0, 0.1) is 0 Å². The minimum atomic E-state index is -3.70. The van der Waals surface area contributed by atoms with E-state index in [2.05, 4.69) is 14.9 Å². The summed E-state index contributed by atoms with van der Waals surface area (Å²) in [6.07, 6.45) is 1.73. The lowest BCUT2D eigenvalue weighted by molar-refractivity contribution is 0.114. The molecule has 148 valence electrons. The van der Waals surface area contributed by atoms with Gasteiger partial charge in [0.05, 0.1) is 23.7 Å². The van der Waals surface area contributed by atoms with E-state index in [1.165, 1.54) is 19.2 Å². The van der Waals surface area contributed by atoms with Crippen LogP contribution in [0.15, 0.2) is 27.6 Å². The molecule has 1 aliphatic heterocycles. The van der Waals surface area contributed by atoms with Crippen molar-refractivity contribution >= 4 is 10.0 Å². The molecule has 1 fully saturated rings. The second kappa shape index (κ2) is 7.57. The molecule has 2 heterocycles. The Bertz CT molecular complexity index is 896. The summed E-state index contributed by atoms with van der Waals surface area (Å²) >= 11 is 0. The fourth-order valence-corrected chi connectivity index (χ4v) is 3.85. The van der Waals surface area contributed by atoms with Crippen LogP contribution in [-0.4, -0.2) is 44.9 Å². The van der Waals surface area contributed by atoms with E-state index in [9.17, 15) is 8.42 Å². The van der Waals surface area contributed by atoms with Crippen LogP contribution in [0.1, 0.15) is 39.5 Å². The maximum Gasteiger partial charge on any atom is 0.240 e. The molecular weight excluding hydrogens is 370 g/mol. The average Bonchev–Trinajstić information content (AvgIpc) is 3.30. The number of nitrogens with zero attached hydrogens (tertiary/aromatic N) is 2. The number of methoxy groups -OCH3 is 1. The van der Waals surface area contributed by atoms with Crippen LogP contribution < -0.4 is 9.46 Å². The molecule has 0 unspecified atom stereocenters. The summed E-state index contributed by atoms with van der Waals surface area (Å²) in [5, 5.41) is 3.99. The molecular formula is C18H25N3O5S. The molecule has 27 heavy (non-hydrogen) atoms. The van der Waals surface area contributed by atoms with Gasteiger partial charge in [0.25, 0.3) is 0 Å². The number of aromatic nitrogens is 2. The van der Waals surface area contributed by atoms with Crippen molar-refractivity contribution < 1.29 is 22.4 Å². The Kier molecular flexibility index (Phi) is 5.55. The lowest BCUT2D eigenvalue weighted by Gasteiger charge is -2.13. The minimum absolute atomic E-state index is 0.0796. The predicted octanol–water partition coefficient (Wildman–Crippen LogP) is 2.50. The van der Waals surface area contributed by atoms with Gasteiger partial charge in [0.15, 0.2) is 0 Å². The Hall–Kier alpha value is -1.97. The number of hydrogen-bond acceptors (Lipinski definition) is 7. The van der Waals surface area contributed by atoms with Crippen molar-refractivity contribution in [2.45, 2.75) is 50.0 Å². The molecule has 0 spiro atoms. The lowest BCUT2D eigenvalue weighted by Crippen LogP contribution is -2.31. The second-order valence-corrected chi connectivity index (χ2v) is 9.29. The van der Waals surface area contributed by atoms with E-state index < -0.39 is 10.0 Å². The topological polar surface area (TPSA) is 104 Å². The van der Waals surface area contributed by atoms with Crippen LogP contribution in [-0.2, 0) is 20.2 Å². The van der Waals surface area contributed by atoms with Gasteiger partial charge in [0, 0.05) is 18.6 Å². The monoisotopic (exact) mass is 395 g/mol. The van der Waals surface area contributed by atoms with Gasteiger partial charge in [0.2, 0.25) is 21.7 Å². The number of sulfonamides is 1. The molecule has 2 aromatic rings. The van der Waals surface area contributed by atoms with Crippen molar-refractivity contribution in [1.82, 2.24) is 14.9 Å². The summed E-state index contributed by atoms with van der Waals surface area (Å²) < 4.78 is 44.1. The molecule has 0 bridgehead atoms. The first-order valence-electron chi connectivity index (χ1n) is 8.84. The van der Waals surface area contributed by atoms with E-state index >= 15 is 0 Å². The summed E-state index contributed by atoms with van der Waals surface area (Å²) in [5.74, 6) is 1.21. The normalized spacial score (nSPS) is 18.0. The molecule has 8 nitrogen and oxygen atoms in total. The molecule has 0 amide bonds. The molecule has 0 radical (unpaired) electrons. The first kappa shape index (κ1) is 19.8. The first-order valence-corrected chi connectivity index (χ1v) is 10.3. The van der Waals surface area contributed by atoms with Crippen molar-refractivity contribution in [1.29, 1.82) is 0 Å². The van der Waals surface area contributed by atoms with Crippen molar-refractivity contribution in [3.05, 3.63) is 24.1 Å². The number of nitrogens with one attached hydrogen (secondary N) is 1. The summed E-state index contributed by atoms with van der Waals surface area (Å²) in [5.41, 5.74) is 0.141. The van der Waals surface area contributed by atoms with Gasteiger partial charge in [0.1, 0.15) is 5.75 Å². The highest BCUT2D eigenvalue weighted by Gasteiger charge is 2.25. The SMILES string of the molecule is COc1ccc(S(=O)(=O)NC[C@@H]2CCCO2)cc1-c1noc(C(C)(C)C)n1. The largest absolute Gasteiger partial charge is 0.496 e. The van der Waals surface area contributed by atoms with Gasteiger partial charge in [-0.3, -0.25) is 0 Å². The third-order valence-corrected chi connectivity index (χ3v) is 5.74. The fraction of sp³-hybridized carbons (Fsp3) is 0.556. The smallest absolute Gasteiger partial charge is 0.240 e. The quantitative estimate of drug-likeness (QED) is 0.801. The van der Waals surface area contributed by atoms with Crippen molar-refractivity contribution in [3.63, 3.8) is 0 Å². The Balaban J connectivity index is 1.89. The maximum atomic E-state index is 12.7. The standard InChI is InChI=1S/C18H25N3O5S/c1-18(2,3)17-20-16(21-26-17)14-10-13(7-8-15(14)24-4)27(22,23)19-11-12-6-5-9-25-12/h7-8,10,12,19H,5-6,9,11H2,1-4H3/t12-/m0/s1. The van der Waals surface area contributed by atoms with Gasteiger partial charge in [-0.15, -0.1) is 0 Å². The van der Waals surface area contributed by atoms with Crippen LogP contribution in [0.4, 0.5) is 0 Å². The zero-order valence-corrected chi connectivity index (χ0v) is 16.8. The number of benzene rings is 1. The average molecular weight is 395 g/mol. The highest BCUT2D eigenvalue weighted by molar-refractivity contribution is 7.89. The van der Waals surface area contributed by atoms with Crippen molar-refractivity contribution in [2.75, 3.05) is 20.3 Å². The molecule has 0 aliphatic carbocycles. The molecule has 3 rings (SSSR count). The number of rotatable bonds is 6. The van der Waals surface area contributed by atoms with Gasteiger partial charge < -0.3 is 14.0 Å². The summed E-state index contributed by atoms with van der Waals surface area (Å²) in [7, 11) is -2.19. The second-order valence-electron chi connectivity index (χ2n) is 7.52. The van der Waals surface area contributed by atoms with E-state index in [0.29, 0.717) is 23.8 Å². The maximum absolute atomic E-state index is 12.7. The Morgan fingerprint density at radius 3 is 2.70 bits per heavy atom. The molecule has 0 saturated carbocycles. The summed E-state index contributed by atoms with van der Waals surface area (Å²) in [6, 6.07) is 4.57. The number of hydrogen-bond donors (Lipinski definition) is 1. The molecule has 1 aliphatic rings. The van der Waals surface area contributed by atoms with Crippen LogP contribution >= 0.6 is 0 Å². The van der Waals surface area contributed by atoms with Gasteiger partial charge in [-0.05, 0) is 31.0 Å². The van der Waals surface area contributed by atoms with Crippen molar-refractivity contribution in [2.24, 2.45) is 0 Å². The minimum Gasteiger partial charge on any atom is -0.496 e. The van der Waals surface area contributed by atoms with Crippen LogP contribution in [0.5, 0.6) is 5.75 Å². The third kappa shape index (κ3) is 4.48. The van der Waals surface area contributed by atoms with Crippen LogP contribution in [0.25, 0.3) is 11.4 Å². The Morgan fingerprint density at radius 1 is 1.33 bits per heavy atom. The van der Waals surface area contributed by atoms with Crippen LogP contribution in [0.3, 0.4) is 0 Å². The van der Waals surface area contributed by atoms with E-state index in [4.69, 9.17) is 14.0 Å². The molecule has 1 aromatic carbocycles. The summed E-state index contributed by atoms with van der Waals surface area (Å²) in [4.78, 5) is 4.51. The van der Waals surface area contributed by atoms with Gasteiger partial charge in [-0.1, -0.05) is 25.9 Å².